The third kappa shape index (κ3) is 3.40. The Hall–Kier alpha value is -1.92. The first-order valence-electron chi connectivity index (χ1n) is 6.25. The maximum Gasteiger partial charge on any atom is 0.276 e. The van der Waals surface area contributed by atoms with Crippen molar-refractivity contribution in [1.29, 1.82) is 0 Å². The van der Waals surface area contributed by atoms with Gasteiger partial charge in [-0.15, -0.1) is 0 Å². The van der Waals surface area contributed by atoms with E-state index in [1.54, 1.807) is 31.2 Å². The number of hydrogen-bond acceptors (Lipinski definition) is 4. The van der Waals surface area contributed by atoms with Crippen molar-refractivity contribution in [1.82, 2.24) is 0 Å². The van der Waals surface area contributed by atoms with Gasteiger partial charge < -0.3 is 9.84 Å². The minimum atomic E-state index is -0.435. The van der Waals surface area contributed by atoms with Crippen LogP contribution in [0.1, 0.15) is 16.7 Å². The number of aliphatic hydroxyl groups excluding tert-OH is 1. The maximum atomic E-state index is 11.0. The normalized spacial score (nSPS) is 10.5. The van der Waals surface area contributed by atoms with Gasteiger partial charge in [-0.05, 0) is 37.6 Å². The first kappa shape index (κ1) is 15.5. The van der Waals surface area contributed by atoms with Crippen LogP contribution in [0.15, 0.2) is 34.8 Å². The largest absolute Gasteiger partial charge is 0.456 e. The fraction of sp³-hybridized carbons (Fsp3) is 0.200. The summed E-state index contributed by atoms with van der Waals surface area (Å²) in [7, 11) is 0. The van der Waals surface area contributed by atoms with Crippen molar-refractivity contribution in [2.24, 2.45) is 0 Å². The number of halogens is 1. The number of ether oxygens (including phenoxy) is 1. The average molecular weight is 352 g/mol. The van der Waals surface area contributed by atoms with E-state index < -0.39 is 4.92 Å². The standard InChI is InChI=1S/C15H14BrNO4/c1-9-5-10(2)14(7-13(9)17(19)20)21-15-6-12(16)4-3-11(15)8-18/h3-7,18H,8H2,1-2H3. The summed E-state index contributed by atoms with van der Waals surface area (Å²) in [5.74, 6) is 0.869. The molecule has 0 spiro atoms. The first-order valence-corrected chi connectivity index (χ1v) is 7.04. The number of nitro groups is 1. The minimum absolute atomic E-state index is 0.0103. The van der Waals surface area contributed by atoms with E-state index in [4.69, 9.17) is 4.74 Å². The number of nitro benzene ring substituents is 1. The van der Waals surface area contributed by atoms with Crippen molar-refractivity contribution in [3.8, 4) is 11.5 Å². The van der Waals surface area contributed by atoms with Crippen LogP contribution in [0.3, 0.4) is 0 Å². The summed E-state index contributed by atoms with van der Waals surface area (Å²) in [6.07, 6.45) is 0. The van der Waals surface area contributed by atoms with Crippen molar-refractivity contribution in [2.45, 2.75) is 20.5 Å². The van der Waals surface area contributed by atoms with Crippen LogP contribution in [0, 0.1) is 24.0 Å². The number of benzene rings is 2. The van der Waals surface area contributed by atoms with Crippen LogP contribution in [-0.4, -0.2) is 10.0 Å². The number of aliphatic hydroxyl groups is 1. The van der Waals surface area contributed by atoms with Crippen molar-refractivity contribution in [3.05, 3.63) is 61.6 Å². The topological polar surface area (TPSA) is 72.6 Å². The monoisotopic (exact) mass is 351 g/mol. The molecule has 0 amide bonds. The highest BCUT2D eigenvalue weighted by Crippen LogP contribution is 2.34. The Kier molecular flexibility index (Phi) is 4.59. The van der Waals surface area contributed by atoms with Crippen molar-refractivity contribution in [2.75, 3.05) is 0 Å². The third-order valence-electron chi connectivity index (χ3n) is 3.11. The summed E-state index contributed by atoms with van der Waals surface area (Å²) in [4.78, 5) is 10.6. The molecular weight excluding hydrogens is 338 g/mol. The maximum absolute atomic E-state index is 11.0. The van der Waals surface area contributed by atoms with Gasteiger partial charge in [-0.3, -0.25) is 10.1 Å². The molecule has 0 radical (unpaired) electrons. The first-order chi connectivity index (χ1) is 9.92. The minimum Gasteiger partial charge on any atom is -0.456 e. The van der Waals surface area contributed by atoms with E-state index in [9.17, 15) is 15.2 Å². The second kappa shape index (κ2) is 6.24. The molecule has 6 heteroatoms. The van der Waals surface area contributed by atoms with Crippen molar-refractivity contribution in [3.63, 3.8) is 0 Å². The van der Waals surface area contributed by atoms with Gasteiger partial charge in [0.25, 0.3) is 5.69 Å². The van der Waals surface area contributed by atoms with Gasteiger partial charge in [-0.1, -0.05) is 22.0 Å². The molecule has 0 atom stereocenters. The molecule has 0 heterocycles. The highest BCUT2D eigenvalue weighted by molar-refractivity contribution is 9.10. The predicted molar refractivity (Wildman–Crippen MR) is 82.7 cm³/mol. The van der Waals surface area contributed by atoms with Gasteiger partial charge in [-0.2, -0.15) is 0 Å². The highest BCUT2D eigenvalue weighted by atomic mass is 79.9. The molecule has 2 aromatic rings. The summed E-state index contributed by atoms with van der Waals surface area (Å²) in [6, 6.07) is 8.37. The highest BCUT2D eigenvalue weighted by Gasteiger charge is 2.16. The Morgan fingerprint density at radius 3 is 2.52 bits per heavy atom. The number of aryl methyl sites for hydroxylation is 2. The van der Waals surface area contributed by atoms with Crippen LogP contribution in [0.2, 0.25) is 0 Å². The van der Waals surface area contributed by atoms with Gasteiger partial charge in [-0.25, -0.2) is 0 Å². The van der Waals surface area contributed by atoms with E-state index in [0.29, 0.717) is 22.6 Å². The molecule has 21 heavy (non-hydrogen) atoms. The van der Waals surface area contributed by atoms with E-state index in [-0.39, 0.29) is 12.3 Å². The zero-order valence-corrected chi connectivity index (χ0v) is 13.2. The number of hydrogen-bond donors (Lipinski definition) is 1. The molecule has 0 aliphatic rings. The van der Waals surface area contributed by atoms with Gasteiger partial charge in [0.15, 0.2) is 0 Å². The molecule has 0 saturated heterocycles. The smallest absolute Gasteiger partial charge is 0.276 e. The van der Waals surface area contributed by atoms with Crippen molar-refractivity contribution >= 4 is 21.6 Å². The summed E-state index contributed by atoms with van der Waals surface area (Å²) in [6.45, 7) is 3.34. The second-order valence-electron chi connectivity index (χ2n) is 4.67. The molecule has 0 aliphatic heterocycles. The van der Waals surface area contributed by atoms with Gasteiger partial charge >= 0.3 is 0 Å². The lowest BCUT2D eigenvalue weighted by Crippen LogP contribution is -1.97. The lowest BCUT2D eigenvalue weighted by atomic mass is 10.1. The third-order valence-corrected chi connectivity index (χ3v) is 3.60. The van der Waals surface area contributed by atoms with Gasteiger partial charge in [0.2, 0.25) is 0 Å². The van der Waals surface area contributed by atoms with Gasteiger partial charge in [0.1, 0.15) is 11.5 Å². The number of nitrogens with zero attached hydrogens (tertiary/aromatic N) is 1. The summed E-state index contributed by atoms with van der Waals surface area (Å²) >= 11 is 3.34. The van der Waals surface area contributed by atoms with Crippen LogP contribution >= 0.6 is 15.9 Å². The summed E-state index contributed by atoms with van der Waals surface area (Å²) in [5, 5.41) is 20.4. The lowest BCUT2D eigenvalue weighted by molar-refractivity contribution is -0.385. The van der Waals surface area contributed by atoms with E-state index >= 15 is 0 Å². The van der Waals surface area contributed by atoms with E-state index in [2.05, 4.69) is 15.9 Å². The molecule has 5 nitrogen and oxygen atoms in total. The Morgan fingerprint density at radius 1 is 1.19 bits per heavy atom. The van der Waals surface area contributed by atoms with E-state index in [1.165, 1.54) is 6.07 Å². The lowest BCUT2D eigenvalue weighted by Gasteiger charge is -2.13. The molecule has 110 valence electrons. The molecule has 0 saturated carbocycles. The molecule has 0 aliphatic carbocycles. The fourth-order valence-electron chi connectivity index (χ4n) is 2.00. The molecule has 0 aromatic heterocycles. The SMILES string of the molecule is Cc1cc(C)c([N+](=O)[O-])cc1Oc1cc(Br)ccc1CO. The van der Waals surface area contributed by atoms with Gasteiger partial charge in [0, 0.05) is 15.6 Å². The molecule has 0 unspecified atom stereocenters. The van der Waals surface area contributed by atoms with E-state index in [0.717, 1.165) is 10.0 Å². The Morgan fingerprint density at radius 2 is 1.90 bits per heavy atom. The summed E-state index contributed by atoms with van der Waals surface area (Å²) in [5.41, 5.74) is 2.00. The molecular formula is C15H14BrNO4. The zero-order valence-electron chi connectivity index (χ0n) is 11.6. The Labute approximate surface area is 130 Å². The predicted octanol–water partition coefficient (Wildman–Crippen LogP) is 4.26. The van der Waals surface area contributed by atoms with E-state index in [1.807, 2.05) is 6.92 Å². The molecule has 1 N–H and O–H groups in total. The number of rotatable bonds is 4. The second-order valence-corrected chi connectivity index (χ2v) is 5.59. The molecule has 0 fully saturated rings. The van der Waals surface area contributed by atoms with Gasteiger partial charge in [0.05, 0.1) is 17.6 Å². The molecule has 2 rings (SSSR count). The van der Waals surface area contributed by atoms with Crippen LogP contribution < -0.4 is 4.74 Å². The molecule has 2 aromatic carbocycles. The fourth-order valence-corrected chi connectivity index (χ4v) is 2.34. The zero-order chi connectivity index (χ0) is 15.6. The van der Waals surface area contributed by atoms with Crippen LogP contribution in [-0.2, 0) is 6.61 Å². The average Bonchev–Trinajstić information content (AvgIpc) is 2.41. The quantitative estimate of drug-likeness (QED) is 0.659. The van der Waals surface area contributed by atoms with Crippen LogP contribution in [0.5, 0.6) is 11.5 Å². The Bertz CT molecular complexity index is 700. The molecule has 0 bridgehead atoms. The van der Waals surface area contributed by atoms with Crippen LogP contribution in [0.4, 0.5) is 5.69 Å². The van der Waals surface area contributed by atoms with Crippen LogP contribution in [0.25, 0.3) is 0 Å². The Balaban J connectivity index is 2.46. The van der Waals surface area contributed by atoms with Crippen molar-refractivity contribution < 1.29 is 14.8 Å². The summed E-state index contributed by atoms with van der Waals surface area (Å²) < 4.78 is 6.56.